The van der Waals surface area contributed by atoms with Gasteiger partial charge in [-0.3, -0.25) is 0 Å². The number of phenols is 4. The molecule has 0 saturated carbocycles. The Balaban J connectivity index is 1.22. The van der Waals surface area contributed by atoms with Crippen molar-refractivity contribution < 1.29 is 39.4 Å². The zero-order valence-corrected chi connectivity index (χ0v) is 39.7. The summed E-state index contributed by atoms with van der Waals surface area (Å²) in [5.74, 6) is 2.31. The highest BCUT2D eigenvalue weighted by Crippen LogP contribution is 2.43. The molecule has 0 radical (unpaired) electrons. The largest absolute Gasteiger partial charge is 0.507 e. The molecule has 9 rings (SSSR count). The molecular formula is C56H48N8O8. The second-order valence-corrected chi connectivity index (χ2v) is 16.7. The van der Waals surface area contributed by atoms with Crippen LogP contribution in [0.3, 0.4) is 0 Å². The molecule has 0 fully saturated rings. The summed E-state index contributed by atoms with van der Waals surface area (Å²) in [6, 6.07) is 41.9. The van der Waals surface area contributed by atoms with E-state index < -0.39 is 0 Å². The predicted molar refractivity (Wildman–Crippen MR) is 272 cm³/mol. The maximum atomic E-state index is 12.2. The summed E-state index contributed by atoms with van der Waals surface area (Å²) in [5.41, 5.74) is 7.03. The first-order valence-electron chi connectivity index (χ1n) is 22.7. The van der Waals surface area contributed by atoms with Crippen LogP contribution in [0, 0.1) is 0 Å². The van der Waals surface area contributed by atoms with Crippen LogP contribution in [-0.2, 0) is 25.7 Å². The lowest BCUT2D eigenvalue weighted by Crippen LogP contribution is -2.01. The fraction of sp³-hybridized carbons (Fsp3) is 0.143. The molecule has 0 unspecified atom stereocenters. The van der Waals surface area contributed by atoms with Gasteiger partial charge in [-0.2, -0.15) is 40.9 Å². The Hall–Kier alpha value is -9.44. The molecule has 8 aromatic carbocycles. The minimum atomic E-state index is -0.0855. The molecule has 0 aromatic heterocycles. The smallest absolute Gasteiger partial charge is 0.122 e. The van der Waals surface area contributed by atoms with Gasteiger partial charge in [-0.25, -0.2) is 0 Å². The standard InChI is InChI=1S/C56H48N8O8/c1-69-49-13-5-41(6-14-49)57-61-45-25-33-21-35-27-46(62-58-42-7-15-50(70-2)16-8-42)29-37(54(35)66)23-39-31-48(64-60-44-11-19-52(72-4)20-12-44)32-40(56(39)68)24-38-30-47(63-59-43-9-17-51(71-3)18-10-43)28-36(55(38)67)22-34(26-45)53(33)65/h5-20,25-32,65-68H,21-24H2,1-4H3. The van der Waals surface area contributed by atoms with E-state index in [1.807, 2.05) is 0 Å². The summed E-state index contributed by atoms with van der Waals surface area (Å²) < 4.78 is 21.3. The van der Waals surface area contributed by atoms with Gasteiger partial charge >= 0.3 is 0 Å². The number of benzene rings is 8. The lowest BCUT2D eigenvalue weighted by Gasteiger charge is -2.18. The van der Waals surface area contributed by atoms with E-state index in [0.717, 1.165) is 0 Å². The number of hydrogen-bond donors (Lipinski definition) is 4. The van der Waals surface area contributed by atoms with Crippen LogP contribution in [0.25, 0.3) is 0 Å². The molecule has 72 heavy (non-hydrogen) atoms. The average molecular weight is 961 g/mol. The van der Waals surface area contributed by atoms with E-state index >= 15 is 0 Å². The van der Waals surface area contributed by atoms with Crippen LogP contribution in [0.15, 0.2) is 187 Å². The summed E-state index contributed by atoms with van der Waals surface area (Å²) in [4.78, 5) is 0. The molecule has 360 valence electrons. The second-order valence-electron chi connectivity index (χ2n) is 16.7. The van der Waals surface area contributed by atoms with Crippen molar-refractivity contribution in [2.24, 2.45) is 40.9 Å². The molecule has 16 heteroatoms. The Morgan fingerprint density at radius 1 is 0.250 bits per heavy atom. The molecule has 0 spiro atoms. The number of methoxy groups -OCH3 is 4. The molecule has 1 aliphatic carbocycles. The average Bonchev–Trinajstić information content (AvgIpc) is 3.41. The molecular weight excluding hydrogens is 913 g/mol. The van der Waals surface area contributed by atoms with Gasteiger partial charge in [0.2, 0.25) is 0 Å². The molecule has 0 aliphatic heterocycles. The van der Waals surface area contributed by atoms with Gasteiger partial charge in [0.15, 0.2) is 0 Å². The maximum Gasteiger partial charge on any atom is 0.122 e. The van der Waals surface area contributed by atoms with Crippen molar-refractivity contribution in [1.29, 1.82) is 0 Å². The van der Waals surface area contributed by atoms with Crippen LogP contribution >= 0.6 is 0 Å². The van der Waals surface area contributed by atoms with Crippen molar-refractivity contribution in [1.82, 2.24) is 0 Å². The zero-order valence-electron chi connectivity index (χ0n) is 39.7. The Labute approximate surface area is 414 Å². The van der Waals surface area contributed by atoms with Crippen molar-refractivity contribution in [2.75, 3.05) is 28.4 Å². The SMILES string of the molecule is COc1ccc(N=Nc2cc3c(O)c(c2)Cc2cc(N=Nc4ccc(OC)cc4)cc(c2O)Cc2cc(N=Nc4ccc(OC)cc4)cc(c2O)Cc2cc(N=Nc4ccc(OC)cc4)cc(c2O)C3)cc1. The monoisotopic (exact) mass is 960 g/mol. The van der Waals surface area contributed by atoms with Crippen LogP contribution in [0.2, 0.25) is 0 Å². The van der Waals surface area contributed by atoms with Crippen molar-refractivity contribution >= 4 is 45.5 Å². The van der Waals surface area contributed by atoms with Crippen molar-refractivity contribution in [2.45, 2.75) is 25.7 Å². The van der Waals surface area contributed by atoms with E-state index in [4.69, 9.17) is 18.9 Å². The minimum Gasteiger partial charge on any atom is -0.507 e. The van der Waals surface area contributed by atoms with Gasteiger partial charge in [0.1, 0.15) is 46.0 Å². The summed E-state index contributed by atoms with van der Waals surface area (Å²) in [6.45, 7) is 0. The van der Waals surface area contributed by atoms with Crippen molar-refractivity contribution in [3.05, 3.63) is 190 Å². The lowest BCUT2D eigenvalue weighted by atomic mass is 9.90. The van der Waals surface area contributed by atoms with E-state index in [9.17, 15) is 20.4 Å². The first-order chi connectivity index (χ1) is 35.0. The fourth-order valence-electron chi connectivity index (χ4n) is 8.15. The van der Waals surface area contributed by atoms with Gasteiger partial charge in [0, 0.05) is 70.2 Å². The third kappa shape index (κ3) is 11.2. The number of fused-ring (bicyclic) bond motifs is 8. The van der Waals surface area contributed by atoms with Gasteiger partial charge < -0.3 is 39.4 Å². The van der Waals surface area contributed by atoms with Gasteiger partial charge in [-0.1, -0.05) is 0 Å². The van der Waals surface area contributed by atoms with E-state index in [2.05, 4.69) is 40.9 Å². The highest BCUT2D eigenvalue weighted by molar-refractivity contribution is 5.64. The van der Waals surface area contributed by atoms with Crippen LogP contribution in [0.5, 0.6) is 46.0 Å². The summed E-state index contributed by atoms with van der Waals surface area (Å²) >= 11 is 0. The van der Waals surface area contributed by atoms with Crippen LogP contribution < -0.4 is 18.9 Å². The number of rotatable bonds is 12. The van der Waals surface area contributed by atoms with Crippen molar-refractivity contribution in [3.63, 3.8) is 0 Å². The molecule has 16 nitrogen and oxygen atoms in total. The Morgan fingerprint density at radius 3 is 0.556 bits per heavy atom. The Kier molecular flexibility index (Phi) is 14.2. The minimum absolute atomic E-state index is 0.00382. The van der Waals surface area contributed by atoms with Crippen molar-refractivity contribution in [3.8, 4) is 46.0 Å². The Morgan fingerprint density at radius 2 is 0.403 bits per heavy atom. The normalized spacial score (nSPS) is 12.5. The molecule has 1 aliphatic rings. The Bertz CT molecular complexity index is 2830. The quantitative estimate of drug-likeness (QED) is 0.0862. The number of aromatic hydroxyl groups is 4. The first kappa shape index (κ1) is 47.6. The number of hydrogen-bond acceptors (Lipinski definition) is 16. The van der Waals surface area contributed by atoms with E-state index in [1.165, 1.54) is 0 Å². The molecule has 8 aromatic rings. The van der Waals surface area contributed by atoms with E-state index in [1.54, 1.807) is 174 Å². The molecule has 8 bridgehead atoms. The topological polar surface area (TPSA) is 217 Å². The third-order valence-electron chi connectivity index (χ3n) is 11.9. The number of azo groups is 4. The maximum absolute atomic E-state index is 12.2. The number of phenolic OH excluding ortho intramolecular Hbond substituents is 4. The van der Waals surface area contributed by atoms with Gasteiger partial charge in [-0.15, -0.1) is 0 Å². The van der Waals surface area contributed by atoms with Gasteiger partial charge in [0.05, 0.1) is 73.9 Å². The second kappa shape index (κ2) is 21.5. The molecule has 0 saturated heterocycles. The van der Waals surface area contributed by atoms with Crippen LogP contribution in [0.4, 0.5) is 45.5 Å². The molecule has 4 N–H and O–H groups in total. The summed E-state index contributed by atoms with van der Waals surface area (Å²) in [5, 5.41) is 85.2. The van der Waals surface area contributed by atoms with Crippen LogP contribution in [0.1, 0.15) is 44.5 Å². The van der Waals surface area contributed by atoms with E-state index in [0.29, 0.717) is 113 Å². The van der Waals surface area contributed by atoms with Gasteiger partial charge in [-0.05, 0) is 146 Å². The predicted octanol–water partition coefficient (Wildman–Crippen LogP) is 14.9. The number of ether oxygens (including phenoxy) is 4. The molecule has 0 amide bonds. The lowest BCUT2D eigenvalue weighted by molar-refractivity contribution is 0.414. The molecule has 0 heterocycles. The molecule has 0 atom stereocenters. The summed E-state index contributed by atoms with van der Waals surface area (Å²) in [7, 11) is 6.33. The zero-order chi connectivity index (χ0) is 50.1. The van der Waals surface area contributed by atoms with Crippen LogP contribution in [-0.4, -0.2) is 48.9 Å². The fourth-order valence-corrected chi connectivity index (χ4v) is 8.15. The van der Waals surface area contributed by atoms with Gasteiger partial charge in [0.25, 0.3) is 0 Å². The first-order valence-corrected chi connectivity index (χ1v) is 22.7. The highest BCUT2D eigenvalue weighted by Gasteiger charge is 2.22. The highest BCUT2D eigenvalue weighted by atomic mass is 16.5. The van der Waals surface area contributed by atoms with E-state index in [-0.39, 0.29) is 48.7 Å². The third-order valence-corrected chi connectivity index (χ3v) is 11.9. The number of nitrogens with zero attached hydrogens (tertiary/aromatic N) is 8. The summed E-state index contributed by atoms with van der Waals surface area (Å²) in [6.07, 6.45) is -0.0153.